The molecule has 0 aliphatic heterocycles. The molecular formula is C15H17BrF2O2. The fourth-order valence-electron chi connectivity index (χ4n) is 3.54. The molecule has 20 heavy (non-hydrogen) atoms. The van der Waals surface area contributed by atoms with Gasteiger partial charge >= 0.3 is 0 Å². The van der Waals surface area contributed by atoms with Crippen LogP contribution in [0.4, 0.5) is 8.78 Å². The molecule has 1 spiro atoms. The van der Waals surface area contributed by atoms with Gasteiger partial charge in [0, 0.05) is 17.9 Å². The summed E-state index contributed by atoms with van der Waals surface area (Å²) in [6.07, 6.45) is 5.12. The number of benzene rings is 1. The van der Waals surface area contributed by atoms with E-state index in [2.05, 4.69) is 15.9 Å². The van der Waals surface area contributed by atoms with Crippen LogP contribution in [-0.2, 0) is 0 Å². The largest absolute Gasteiger partial charge is 0.485 e. The van der Waals surface area contributed by atoms with Crippen LogP contribution in [0.15, 0.2) is 16.6 Å². The van der Waals surface area contributed by atoms with Gasteiger partial charge in [-0.2, -0.15) is 0 Å². The van der Waals surface area contributed by atoms with E-state index in [-0.39, 0.29) is 27.8 Å². The number of hydrogen-bond acceptors (Lipinski definition) is 2. The summed E-state index contributed by atoms with van der Waals surface area (Å²) in [6.45, 7) is 0. The van der Waals surface area contributed by atoms with Gasteiger partial charge in [0.2, 0.25) is 0 Å². The van der Waals surface area contributed by atoms with Crippen molar-refractivity contribution in [2.24, 2.45) is 5.41 Å². The number of hydrogen-bond donors (Lipinski definition) is 1. The van der Waals surface area contributed by atoms with Crippen molar-refractivity contribution >= 4 is 15.9 Å². The van der Waals surface area contributed by atoms with Crippen molar-refractivity contribution in [1.29, 1.82) is 0 Å². The SMILES string of the molecule is OC1CC(Oc2c(F)cc(F)cc2Br)C12CCCCC2. The van der Waals surface area contributed by atoms with E-state index in [1.165, 1.54) is 12.5 Å². The Labute approximate surface area is 125 Å². The van der Waals surface area contributed by atoms with Gasteiger partial charge in [-0.3, -0.25) is 0 Å². The molecule has 2 fully saturated rings. The lowest BCUT2D eigenvalue weighted by atomic mass is 9.56. The van der Waals surface area contributed by atoms with Crippen LogP contribution in [0.25, 0.3) is 0 Å². The maximum Gasteiger partial charge on any atom is 0.169 e. The van der Waals surface area contributed by atoms with Gasteiger partial charge in [-0.15, -0.1) is 0 Å². The van der Waals surface area contributed by atoms with Gasteiger partial charge in [-0.05, 0) is 34.8 Å². The Morgan fingerprint density at radius 1 is 1.20 bits per heavy atom. The van der Waals surface area contributed by atoms with Gasteiger partial charge in [-0.25, -0.2) is 8.78 Å². The lowest BCUT2D eigenvalue weighted by molar-refractivity contribution is -0.173. The second-order valence-corrected chi connectivity index (χ2v) is 6.70. The quantitative estimate of drug-likeness (QED) is 0.869. The summed E-state index contributed by atoms with van der Waals surface area (Å²) in [4.78, 5) is 0. The fraction of sp³-hybridized carbons (Fsp3) is 0.600. The molecule has 2 unspecified atom stereocenters. The molecule has 5 heteroatoms. The molecular weight excluding hydrogens is 330 g/mol. The van der Waals surface area contributed by atoms with Crippen LogP contribution in [0.3, 0.4) is 0 Å². The normalized spacial score (nSPS) is 28.2. The first-order chi connectivity index (χ1) is 9.53. The molecule has 0 aromatic heterocycles. The van der Waals surface area contributed by atoms with E-state index in [4.69, 9.17) is 4.74 Å². The molecule has 2 atom stereocenters. The first-order valence-corrected chi connectivity index (χ1v) is 7.81. The van der Waals surface area contributed by atoms with Gasteiger partial charge in [-0.1, -0.05) is 19.3 Å². The lowest BCUT2D eigenvalue weighted by Gasteiger charge is -2.55. The highest BCUT2D eigenvalue weighted by Gasteiger charge is 2.56. The second-order valence-electron chi connectivity index (χ2n) is 5.85. The summed E-state index contributed by atoms with van der Waals surface area (Å²) in [6, 6.07) is 2.02. The Hall–Kier alpha value is -0.680. The van der Waals surface area contributed by atoms with Crippen molar-refractivity contribution in [3.05, 3.63) is 28.2 Å². The summed E-state index contributed by atoms with van der Waals surface area (Å²) in [7, 11) is 0. The van der Waals surface area contributed by atoms with Gasteiger partial charge < -0.3 is 9.84 Å². The van der Waals surface area contributed by atoms with E-state index in [9.17, 15) is 13.9 Å². The monoisotopic (exact) mass is 346 g/mol. The van der Waals surface area contributed by atoms with Crippen LogP contribution in [0.1, 0.15) is 38.5 Å². The Kier molecular flexibility index (Phi) is 3.75. The Morgan fingerprint density at radius 2 is 1.90 bits per heavy atom. The zero-order valence-electron chi connectivity index (χ0n) is 11.0. The van der Waals surface area contributed by atoms with E-state index in [1.807, 2.05) is 0 Å². The Bertz CT molecular complexity index is 492. The number of ether oxygens (including phenoxy) is 1. The van der Waals surface area contributed by atoms with Gasteiger partial charge in [0.05, 0.1) is 10.6 Å². The molecule has 110 valence electrons. The minimum absolute atomic E-state index is 0.0493. The summed E-state index contributed by atoms with van der Waals surface area (Å²) in [5.74, 6) is -1.29. The summed E-state index contributed by atoms with van der Waals surface area (Å²) in [5.41, 5.74) is -0.238. The van der Waals surface area contributed by atoms with Crippen molar-refractivity contribution in [2.75, 3.05) is 0 Å². The van der Waals surface area contributed by atoms with Gasteiger partial charge in [0.15, 0.2) is 11.6 Å². The van der Waals surface area contributed by atoms with Crippen LogP contribution in [0.2, 0.25) is 0 Å². The van der Waals surface area contributed by atoms with E-state index >= 15 is 0 Å². The predicted octanol–water partition coefficient (Wildman–Crippen LogP) is 4.19. The molecule has 1 N–H and O–H groups in total. The average Bonchev–Trinajstić information content (AvgIpc) is 2.42. The van der Waals surface area contributed by atoms with Crippen molar-refractivity contribution < 1.29 is 18.6 Å². The predicted molar refractivity (Wildman–Crippen MR) is 74.6 cm³/mol. The highest BCUT2D eigenvalue weighted by molar-refractivity contribution is 9.10. The average molecular weight is 347 g/mol. The summed E-state index contributed by atoms with van der Waals surface area (Å²) < 4.78 is 33.0. The molecule has 2 aliphatic rings. The van der Waals surface area contributed by atoms with Crippen molar-refractivity contribution in [1.82, 2.24) is 0 Å². The first-order valence-electron chi connectivity index (χ1n) is 7.02. The number of rotatable bonds is 2. The molecule has 2 nitrogen and oxygen atoms in total. The number of aliphatic hydroxyl groups is 1. The molecule has 0 heterocycles. The molecule has 3 rings (SSSR count). The minimum Gasteiger partial charge on any atom is -0.485 e. The van der Waals surface area contributed by atoms with Crippen LogP contribution in [0, 0.1) is 17.0 Å². The molecule has 1 aromatic carbocycles. The van der Waals surface area contributed by atoms with Crippen molar-refractivity contribution in [2.45, 2.75) is 50.7 Å². The minimum atomic E-state index is -0.704. The maximum absolute atomic E-state index is 13.8. The number of aliphatic hydroxyl groups excluding tert-OH is 1. The van der Waals surface area contributed by atoms with E-state index in [0.717, 1.165) is 31.7 Å². The molecule has 2 saturated carbocycles. The first kappa shape index (κ1) is 14.3. The summed E-state index contributed by atoms with van der Waals surface area (Å²) in [5, 5.41) is 10.1. The van der Waals surface area contributed by atoms with Crippen LogP contribution in [0.5, 0.6) is 5.75 Å². The van der Waals surface area contributed by atoms with E-state index in [1.54, 1.807) is 0 Å². The van der Waals surface area contributed by atoms with Crippen molar-refractivity contribution in [3.63, 3.8) is 0 Å². The van der Waals surface area contributed by atoms with Crippen LogP contribution in [-0.4, -0.2) is 17.3 Å². The fourth-order valence-corrected chi connectivity index (χ4v) is 4.04. The highest BCUT2D eigenvalue weighted by atomic mass is 79.9. The smallest absolute Gasteiger partial charge is 0.169 e. The molecule has 0 radical (unpaired) electrons. The Morgan fingerprint density at radius 3 is 2.50 bits per heavy atom. The van der Waals surface area contributed by atoms with Crippen LogP contribution < -0.4 is 4.74 Å². The van der Waals surface area contributed by atoms with Gasteiger partial charge in [0.1, 0.15) is 11.9 Å². The third kappa shape index (κ3) is 2.25. The molecule has 0 saturated heterocycles. The lowest BCUT2D eigenvalue weighted by Crippen LogP contribution is -2.60. The molecule has 2 aliphatic carbocycles. The maximum atomic E-state index is 13.8. The van der Waals surface area contributed by atoms with Crippen molar-refractivity contribution in [3.8, 4) is 5.75 Å². The zero-order valence-corrected chi connectivity index (χ0v) is 12.6. The van der Waals surface area contributed by atoms with Crippen LogP contribution >= 0.6 is 15.9 Å². The molecule has 0 bridgehead atoms. The third-order valence-corrected chi connectivity index (χ3v) is 5.34. The Balaban J connectivity index is 1.82. The zero-order chi connectivity index (χ0) is 14.3. The molecule has 0 amide bonds. The summed E-state index contributed by atoms with van der Waals surface area (Å²) >= 11 is 3.14. The highest BCUT2D eigenvalue weighted by Crippen LogP contribution is 2.53. The van der Waals surface area contributed by atoms with E-state index < -0.39 is 11.6 Å². The van der Waals surface area contributed by atoms with Gasteiger partial charge in [0.25, 0.3) is 0 Å². The topological polar surface area (TPSA) is 29.5 Å². The third-order valence-electron chi connectivity index (χ3n) is 4.75. The second kappa shape index (κ2) is 5.26. The number of halogens is 3. The van der Waals surface area contributed by atoms with E-state index in [0.29, 0.717) is 6.42 Å². The molecule has 1 aromatic rings. The standard InChI is InChI=1S/C15H17BrF2O2/c16-10-6-9(17)7-11(18)14(10)20-13-8-12(19)15(13)4-2-1-3-5-15/h6-7,12-13,19H,1-5,8H2.